The van der Waals surface area contributed by atoms with Crippen molar-refractivity contribution in [1.82, 2.24) is 4.90 Å². The highest BCUT2D eigenvalue weighted by Crippen LogP contribution is 2.65. The number of hydrogen-bond acceptors (Lipinski definition) is 3. The van der Waals surface area contributed by atoms with Crippen molar-refractivity contribution in [3.05, 3.63) is 76.8 Å². The second kappa shape index (κ2) is 7.56. The molecule has 2 bridgehead atoms. The number of nitrogens with one attached hydrogen (secondary N) is 1. The Labute approximate surface area is 197 Å². The monoisotopic (exact) mass is 460 g/mol. The number of hydrogen-bond donors (Lipinski definition) is 1. The van der Waals surface area contributed by atoms with E-state index in [0.29, 0.717) is 22.5 Å². The molecule has 0 radical (unpaired) electrons. The molecule has 168 valence electrons. The second-order valence-electron chi connectivity index (χ2n) is 9.86. The predicted molar refractivity (Wildman–Crippen MR) is 125 cm³/mol. The summed E-state index contributed by atoms with van der Waals surface area (Å²) < 4.78 is 0. The van der Waals surface area contributed by atoms with Crippen molar-refractivity contribution in [2.75, 3.05) is 5.32 Å². The summed E-state index contributed by atoms with van der Waals surface area (Å²) in [5.41, 5.74) is 2.36. The van der Waals surface area contributed by atoms with Gasteiger partial charge < -0.3 is 5.32 Å². The number of likely N-dealkylation sites (tertiary alicyclic amines) is 1. The van der Waals surface area contributed by atoms with Crippen LogP contribution in [0.25, 0.3) is 0 Å². The molecule has 3 fully saturated rings. The summed E-state index contributed by atoms with van der Waals surface area (Å²) in [6.07, 6.45) is 5.68. The third-order valence-electron chi connectivity index (χ3n) is 8.02. The van der Waals surface area contributed by atoms with Gasteiger partial charge in [-0.3, -0.25) is 19.3 Å². The van der Waals surface area contributed by atoms with Crippen molar-refractivity contribution in [3.63, 3.8) is 0 Å². The zero-order chi connectivity index (χ0) is 22.9. The van der Waals surface area contributed by atoms with Crippen LogP contribution in [0.2, 0.25) is 5.02 Å². The van der Waals surface area contributed by atoms with Crippen LogP contribution >= 0.6 is 11.6 Å². The number of halogens is 1. The molecule has 2 saturated carbocycles. The average molecular weight is 461 g/mol. The first-order chi connectivity index (χ1) is 15.9. The van der Waals surface area contributed by atoms with Crippen LogP contribution in [-0.4, -0.2) is 28.7 Å². The minimum Gasteiger partial charge on any atom is -0.324 e. The zero-order valence-corrected chi connectivity index (χ0v) is 19.0. The van der Waals surface area contributed by atoms with Crippen LogP contribution in [0.15, 0.2) is 60.7 Å². The number of rotatable bonds is 5. The average Bonchev–Trinajstić information content (AvgIpc) is 3.59. The van der Waals surface area contributed by atoms with Gasteiger partial charge in [-0.05, 0) is 60.3 Å². The van der Waals surface area contributed by atoms with Gasteiger partial charge in [-0.2, -0.15) is 0 Å². The molecule has 1 N–H and O–H groups in total. The Balaban J connectivity index is 1.33. The molecule has 0 unspecified atom stereocenters. The lowest BCUT2D eigenvalue weighted by Crippen LogP contribution is -2.49. The molecule has 7 rings (SSSR count). The third-order valence-corrected chi connectivity index (χ3v) is 8.43. The Bertz CT molecular complexity index is 1160. The van der Waals surface area contributed by atoms with Gasteiger partial charge >= 0.3 is 0 Å². The molecule has 1 aliphatic heterocycles. The molecular formula is C27H25ClN2O3. The number of carbonyl (C=O) groups is 3. The van der Waals surface area contributed by atoms with Crippen LogP contribution in [0.1, 0.15) is 17.5 Å². The quantitative estimate of drug-likeness (QED) is 0.535. The van der Waals surface area contributed by atoms with E-state index in [1.807, 2.05) is 43.3 Å². The number of aryl methyl sites for hydroxylation is 1. The largest absolute Gasteiger partial charge is 0.324 e. The first-order valence-corrected chi connectivity index (χ1v) is 12.0. The Hall–Kier alpha value is -2.92. The molecule has 3 amide bonds. The fraction of sp³-hybridized carbons (Fsp3) is 0.370. The van der Waals surface area contributed by atoms with E-state index < -0.39 is 6.04 Å². The third kappa shape index (κ3) is 3.24. The van der Waals surface area contributed by atoms with Crippen LogP contribution < -0.4 is 5.32 Å². The Morgan fingerprint density at radius 2 is 1.67 bits per heavy atom. The highest BCUT2D eigenvalue weighted by Gasteiger charge is 2.67. The zero-order valence-electron chi connectivity index (χ0n) is 18.3. The van der Waals surface area contributed by atoms with Gasteiger partial charge in [0.2, 0.25) is 17.7 Å². The number of benzene rings is 2. The lowest BCUT2D eigenvalue weighted by molar-refractivity contribution is -0.146. The summed E-state index contributed by atoms with van der Waals surface area (Å²) in [4.78, 5) is 42.1. The van der Waals surface area contributed by atoms with Crippen LogP contribution in [0.4, 0.5) is 5.69 Å². The molecule has 6 heteroatoms. The Kier molecular flexibility index (Phi) is 4.73. The first kappa shape index (κ1) is 20.7. The lowest BCUT2D eigenvalue weighted by Gasteiger charge is -2.37. The predicted octanol–water partition coefficient (Wildman–Crippen LogP) is 4.25. The van der Waals surface area contributed by atoms with E-state index in [1.54, 1.807) is 12.1 Å². The fourth-order valence-corrected chi connectivity index (χ4v) is 6.50. The number of anilines is 1. The van der Waals surface area contributed by atoms with Crippen LogP contribution in [0, 0.1) is 42.4 Å². The van der Waals surface area contributed by atoms with Gasteiger partial charge in [0.15, 0.2) is 0 Å². The molecule has 33 heavy (non-hydrogen) atoms. The molecule has 1 saturated heterocycles. The van der Waals surface area contributed by atoms with Crippen molar-refractivity contribution in [3.8, 4) is 0 Å². The van der Waals surface area contributed by atoms with Gasteiger partial charge in [0.1, 0.15) is 6.04 Å². The molecule has 4 aliphatic carbocycles. The number of imide groups is 1. The van der Waals surface area contributed by atoms with Crippen molar-refractivity contribution in [2.24, 2.45) is 35.5 Å². The topological polar surface area (TPSA) is 66.5 Å². The van der Waals surface area contributed by atoms with Crippen molar-refractivity contribution >= 4 is 35.0 Å². The van der Waals surface area contributed by atoms with Gasteiger partial charge in [0.25, 0.3) is 0 Å². The van der Waals surface area contributed by atoms with Crippen molar-refractivity contribution < 1.29 is 14.4 Å². The normalized spacial score (nSPS) is 31.9. The Morgan fingerprint density at radius 3 is 2.27 bits per heavy atom. The van der Waals surface area contributed by atoms with E-state index in [0.717, 1.165) is 17.5 Å². The fourth-order valence-electron chi connectivity index (χ4n) is 6.32. The molecule has 0 aromatic heterocycles. The van der Waals surface area contributed by atoms with Gasteiger partial charge in [-0.1, -0.05) is 60.2 Å². The summed E-state index contributed by atoms with van der Waals surface area (Å²) in [5.74, 6) is -0.0917. The number of allylic oxidation sites excluding steroid dienone is 2. The highest BCUT2D eigenvalue weighted by atomic mass is 35.5. The van der Waals surface area contributed by atoms with E-state index in [9.17, 15) is 14.4 Å². The van der Waals surface area contributed by atoms with Crippen LogP contribution in [-0.2, 0) is 20.8 Å². The SMILES string of the molecule is Cc1ccc(NC(=O)[C@H](Cc2ccccc2)N2C(=O)[C@@H]3[C@H]4C=C[C@@H]([C@@H]5C[C@H]45)[C@@H]3C2=O)cc1Cl. The summed E-state index contributed by atoms with van der Waals surface area (Å²) in [6.45, 7) is 1.89. The van der Waals surface area contributed by atoms with Crippen molar-refractivity contribution in [2.45, 2.75) is 25.8 Å². The van der Waals surface area contributed by atoms with E-state index >= 15 is 0 Å². The minimum atomic E-state index is -0.909. The molecule has 5 nitrogen and oxygen atoms in total. The Morgan fingerprint density at radius 1 is 1.03 bits per heavy atom. The number of nitrogens with zero attached hydrogens (tertiary/aromatic N) is 1. The number of amides is 3. The maximum Gasteiger partial charge on any atom is 0.248 e. The molecule has 2 aromatic carbocycles. The summed E-state index contributed by atoms with van der Waals surface area (Å²) in [5, 5.41) is 3.45. The molecule has 5 aliphatic rings. The van der Waals surface area contributed by atoms with Gasteiger partial charge in [0, 0.05) is 17.1 Å². The van der Waals surface area contributed by atoms with Crippen LogP contribution in [0.3, 0.4) is 0 Å². The smallest absolute Gasteiger partial charge is 0.248 e. The standard InChI is InChI=1S/C27H25ClN2O3/c1-14-7-8-16(12-21(14)28)29-25(31)22(11-15-5-3-2-4-6-15)30-26(32)23-17-9-10-18(20-13-19(17)20)24(23)27(30)33/h2-10,12,17-20,22-24H,11,13H2,1H3,(H,29,31)/t17-,18-,19-,20+,22-,23-,24+/m0/s1. The molecular weight excluding hydrogens is 436 g/mol. The first-order valence-electron chi connectivity index (χ1n) is 11.6. The summed E-state index contributed by atoms with van der Waals surface area (Å²) in [7, 11) is 0. The second-order valence-corrected chi connectivity index (χ2v) is 10.3. The van der Waals surface area contributed by atoms with Gasteiger partial charge in [-0.15, -0.1) is 0 Å². The lowest BCUT2D eigenvalue weighted by atomic mass is 9.63. The maximum atomic E-state index is 13.7. The van der Waals surface area contributed by atoms with E-state index in [4.69, 9.17) is 11.6 Å². The maximum absolute atomic E-state index is 13.7. The van der Waals surface area contributed by atoms with E-state index in [2.05, 4.69) is 17.5 Å². The summed E-state index contributed by atoms with van der Waals surface area (Å²) in [6, 6.07) is 13.9. The van der Waals surface area contributed by atoms with Gasteiger partial charge in [-0.25, -0.2) is 0 Å². The minimum absolute atomic E-state index is 0.128. The summed E-state index contributed by atoms with van der Waals surface area (Å²) >= 11 is 6.24. The van der Waals surface area contributed by atoms with E-state index in [-0.39, 0.29) is 47.8 Å². The highest BCUT2D eigenvalue weighted by molar-refractivity contribution is 6.31. The molecule has 7 atom stereocenters. The molecule has 2 aromatic rings. The van der Waals surface area contributed by atoms with Crippen molar-refractivity contribution in [1.29, 1.82) is 0 Å². The van der Waals surface area contributed by atoms with E-state index in [1.165, 1.54) is 4.90 Å². The molecule has 1 heterocycles. The number of carbonyl (C=O) groups excluding carboxylic acids is 3. The van der Waals surface area contributed by atoms with Crippen LogP contribution in [0.5, 0.6) is 0 Å². The van der Waals surface area contributed by atoms with Gasteiger partial charge in [0.05, 0.1) is 11.8 Å². The molecule has 0 spiro atoms.